The molecular formula is C13H18F2IN5O. The molecule has 2 rings (SSSR count). The van der Waals surface area contributed by atoms with E-state index in [1.165, 1.54) is 12.4 Å². The van der Waals surface area contributed by atoms with Gasteiger partial charge in [0.1, 0.15) is 18.1 Å². The van der Waals surface area contributed by atoms with Gasteiger partial charge < -0.3 is 15.1 Å². The lowest BCUT2D eigenvalue weighted by atomic mass is 10.4. The smallest absolute Gasteiger partial charge is 0.319 e. The van der Waals surface area contributed by atoms with E-state index in [9.17, 15) is 8.78 Å². The maximum absolute atomic E-state index is 12.7. The van der Waals surface area contributed by atoms with Gasteiger partial charge in [-0.25, -0.2) is 9.98 Å². The fourth-order valence-electron chi connectivity index (χ4n) is 1.72. The summed E-state index contributed by atoms with van der Waals surface area (Å²) in [5.74, 6) is 1.48. The number of nitrogens with zero attached hydrogens (tertiary/aromatic N) is 3. The minimum absolute atomic E-state index is 0. The van der Waals surface area contributed by atoms with Crippen LogP contribution < -0.4 is 10.6 Å². The lowest BCUT2D eigenvalue weighted by molar-refractivity contribution is 0.0671. The minimum atomic E-state index is -2.61. The first-order valence-corrected chi connectivity index (χ1v) is 6.55. The molecule has 0 saturated carbocycles. The van der Waals surface area contributed by atoms with Gasteiger partial charge in [-0.15, -0.1) is 24.0 Å². The van der Waals surface area contributed by atoms with E-state index in [0.717, 1.165) is 10.3 Å². The predicted molar refractivity (Wildman–Crippen MR) is 89.3 cm³/mol. The Morgan fingerprint density at radius 3 is 2.91 bits per heavy atom. The molecule has 0 aliphatic rings. The van der Waals surface area contributed by atoms with Crippen molar-refractivity contribution in [1.82, 2.24) is 20.2 Å². The Bertz CT molecular complexity index is 571. The fourth-order valence-corrected chi connectivity index (χ4v) is 1.72. The zero-order chi connectivity index (χ0) is 15.1. The number of hydrogen-bond acceptors (Lipinski definition) is 3. The van der Waals surface area contributed by atoms with E-state index in [1.54, 1.807) is 12.3 Å². The van der Waals surface area contributed by atoms with Crippen molar-refractivity contribution in [3.63, 3.8) is 0 Å². The molecule has 0 saturated heterocycles. The van der Waals surface area contributed by atoms with Gasteiger partial charge in [0.15, 0.2) is 5.96 Å². The van der Waals surface area contributed by atoms with Gasteiger partial charge in [-0.05, 0) is 19.1 Å². The van der Waals surface area contributed by atoms with Crippen LogP contribution in [0, 0.1) is 0 Å². The van der Waals surface area contributed by atoms with Crippen molar-refractivity contribution >= 4 is 29.9 Å². The summed E-state index contributed by atoms with van der Waals surface area (Å²) in [6, 6.07) is 3.63. The summed E-state index contributed by atoms with van der Waals surface area (Å²) < 4.78 is 31.4. The Morgan fingerprint density at radius 2 is 2.27 bits per heavy atom. The van der Waals surface area contributed by atoms with Gasteiger partial charge in [-0.2, -0.15) is 8.78 Å². The average molecular weight is 425 g/mol. The summed E-state index contributed by atoms with van der Waals surface area (Å²) >= 11 is 0. The van der Waals surface area contributed by atoms with Gasteiger partial charge in [-0.3, -0.25) is 4.57 Å². The molecule has 2 N–H and O–H groups in total. The van der Waals surface area contributed by atoms with Crippen molar-refractivity contribution in [1.29, 1.82) is 0 Å². The molecule has 0 aliphatic heterocycles. The zero-order valence-electron chi connectivity index (χ0n) is 12.0. The molecule has 0 unspecified atom stereocenters. The average Bonchev–Trinajstić information content (AvgIpc) is 3.12. The van der Waals surface area contributed by atoms with E-state index >= 15 is 0 Å². The molecule has 0 atom stereocenters. The van der Waals surface area contributed by atoms with Crippen LogP contribution in [0.5, 0.6) is 0 Å². The predicted octanol–water partition coefficient (Wildman–Crippen LogP) is 2.74. The summed E-state index contributed by atoms with van der Waals surface area (Å²) in [5.41, 5.74) is 0. The van der Waals surface area contributed by atoms with Crippen LogP contribution in [-0.2, 0) is 13.1 Å². The molecule has 22 heavy (non-hydrogen) atoms. The minimum Gasteiger partial charge on any atom is -0.467 e. The van der Waals surface area contributed by atoms with Crippen molar-refractivity contribution in [3.8, 4) is 0 Å². The number of alkyl halides is 2. The molecule has 0 aromatic carbocycles. The van der Waals surface area contributed by atoms with Gasteiger partial charge in [0.05, 0.1) is 12.8 Å². The van der Waals surface area contributed by atoms with Crippen molar-refractivity contribution in [3.05, 3.63) is 42.4 Å². The first kappa shape index (κ1) is 18.4. The van der Waals surface area contributed by atoms with E-state index in [0.29, 0.717) is 19.0 Å². The molecule has 2 heterocycles. The summed E-state index contributed by atoms with van der Waals surface area (Å²) in [6.45, 7) is 0.487. The number of furan rings is 1. The third kappa shape index (κ3) is 5.28. The fraction of sp³-hybridized carbons (Fsp3) is 0.385. The topological polar surface area (TPSA) is 67.4 Å². The maximum Gasteiger partial charge on any atom is 0.319 e. The molecule has 0 fully saturated rings. The number of guanidine groups is 1. The lowest BCUT2D eigenvalue weighted by Crippen LogP contribution is -2.36. The van der Waals surface area contributed by atoms with E-state index in [1.807, 2.05) is 13.0 Å². The second-order valence-electron chi connectivity index (χ2n) is 4.16. The summed E-state index contributed by atoms with van der Waals surface area (Å²) in [5, 5.41) is 6.08. The van der Waals surface area contributed by atoms with E-state index in [2.05, 4.69) is 20.6 Å². The largest absolute Gasteiger partial charge is 0.467 e. The van der Waals surface area contributed by atoms with Crippen molar-refractivity contribution in [2.75, 3.05) is 6.54 Å². The van der Waals surface area contributed by atoms with Crippen molar-refractivity contribution < 1.29 is 13.2 Å². The van der Waals surface area contributed by atoms with E-state index in [-0.39, 0.29) is 36.3 Å². The molecular weight excluding hydrogens is 407 g/mol. The quantitative estimate of drug-likeness (QED) is 0.425. The van der Waals surface area contributed by atoms with Gasteiger partial charge in [0.25, 0.3) is 0 Å². The lowest BCUT2D eigenvalue weighted by Gasteiger charge is -2.10. The van der Waals surface area contributed by atoms with Crippen LogP contribution in [0.4, 0.5) is 8.78 Å². The van der Waals surface area contributed by atoms with Crippen LogP contribution in [0.15, 0.2) is 40.2 Å². The van der Waals surface area contributed by atoms with Gasteiger partial charge >= 0.3 is 6.55 Å². The summed E-state index contributed by atoms with van der Waals surface area (Å²) in [6.07, 6.45) is 4.15. The highest BCUT2D eigenvalue weighted by Gasteiger charge is 2.10. The first-order valence-electron chi connectivity index (χ1n) is 6.55. The molecule has 122 valence electrons. The molecule has 2 aromatic rings. The maximum atomic E-state index is 12.7. The number of aromatic nitrogens is 2. The van der Waals surface area contributed by atoms with Crippen LogP contribution in [0.25, 0.3) is 0 Å². The van der Waals surface area contributed by atoms with Crippen molar-refractivity contribution in [2.24, 2.45) is 4.99 Å². The molecule has 0 bridgehead atoms. The van der Waals surface area contributed by atoms with Crippen LogP contribution in [-0.4, -0.2) is 22.1 Å². The number of halogens is 3. The molecule has 0 amide bonds. The Hall–Kier alpha value is -1.65. The van der Waals surface area contributed by atoms with E-state index < -0.39 is 6.55 Å². The van der Waals surface area contributed by atoms with Gasteiger partial charge in [0, 0.05) is 18.9 Å². The molecule has 2 aromatic heterocycles. The monoisotopic (exact) mass is 425 g/mol. The number of imidazole rings is 1. The highest BCUT2D eigenvalue weighted by atomic mass is 127. The van der Waals surface area contributed by atoms with Gasteiger partial charge in [-0.1, -0.05) is 0 Å². The van der Waals surface area contributed by atoms with E-state index in [4.69, 9.17) is 4.42 Å². The SMILES string of the molecule is CCNC(=NCc1nccn1C(F)F)NCc1ccco1.I. The number of rotatable bonds is 6. The number of aliphatic imine (C=N–C) groups is 1. The first-order chi connectivity index (χ1) is 10.2. The molecule has 0 spiro atoms. The molecule has 9 heteroatoms. The second kappa shape index (κ2) is 9.38. The normalized spacial score (nSPS) is 11.4. The van der Waals surface area contributed by atoms with Crippen LogP contribution in [0.1, 0.15) is 25.1 Å². The summed E-state index contributed by atoms with van der Waals surface area (Å²) in [7, 11) is 0. The van der Waals surface area contributed by atoms with Crippen LogP contribution >= 0.6 is 24.0 Å². The zero-order valence-corrected chi connectivity index (χ0v) is 14.3. The van der Waals surface area contributed by atoms with Gasteiger partial charge in [0.2, 0.25) is 0 Å². The van der Waals surface area contributed by atoms with Crippen molar-refractivity contribution in [2.45, 2.75) is 26.6 Å². The Labute approximate surface area is 144 Å². The Morgan fingerprint density at radius 1 is 1.45 bits per heavy atom. The highest BCUT2D eigenvalue weighted by Crippen LogP contribution is 2.12. The highest BCUT2D eigenvalue weighted by molar-refractivity contribution is 14.0. The second-order valence-corrected chi connectivity index (χ2v) is 4.16. The third-order valence-electron chi connectivity index (χ3n) is 2.69. The number of nitrogens with one attached hydrogen (secondary N) is 2. The molecule has 0 aliphatic carbocycles. The molecule has 0 radical (unpaired) electrons. The number of hydrogen-bond donors (Lipinski definition) is 2. The standard InChI is InChI=1S/C13H17F2N5O.HI/c1-2-16-13(18-8-10-4-3-7-21-10)19-9-11-17-5-6-20(11)12(14)15;/h3-7,12H,2,8-9H2,1H3,(H2,16,18,19);1H. The molecule has 6 nitrogen and oxygen atoms in total. The van der Waals surface area contributed by atoms with Crippen LogP contribution in [0.2, 0.25) is 0 Å². The third-order valence-corrected chi connectivity index (χ3v) is 2.69. The Balaban J connectivity index is 0.00000242. The van der Waals surface area contributed by atoms with Crippen LogP contribution in [0.3, 0.4) is 0 Å². The summed E-state index contributed by atoms with van der Waals surface area (Å²) in [4.78, 5) is 8.12. The Kier molecular flexibility index (Phi) is 7.85.